The van der Waals surface area contributed by atoms with E-state index in [1.54, 1.807) is 12.1 Å². The molecule has 1 aromatic carbocycles. The van der Waals surface area contributed by atoms with Gasteiger partial charge in [0.25, 0.3) is 0 Å². The van der Waals surface area contributed by atoms with Gasteiger partial charge in [0.1, 0.15) is 5.82 Å². The van der Waals surface area contributed by atoms with Crippen LogP contribution >= 0.6 is 24.0 Å². The van der Waals surface area contributed by atoms with Crippen LogP contribution in [0.25, 0.3) is 0 Å². The number of halogens is 2. The molecule has 0 atom stereocenters. The van der Waals surface area contributed by atoms with Gasteiger partial charge in [-0.25, -0.2) is 4.39 Å². The fourth-order valence-electron chi connectivity index (χ4n) is 3.53. The lowest BCUT2D eigenvalue weighted by atomic mass is 9.96. The molecule has 2 rings (SSSR count). The molecular weight excluding hydrogens is 484 g/mol. The summed E-state index contributed by atoms with van der Waals surface area (Å²) in [5, 5.41) is 3.30. The predicted octanol–water partition coefficient (Wildman–Crippen LogP) is 2.82. The van der Waals surface area contributed by atoms with Crippen LogP contribution in [-0.2, 0) is 11.3 Å². The molecule has 1 aromatic rings. The Morgan fingerprint density at radius 2 is 2.07 bits per heavy atom. The molecule has 0 aromatic heterocycles. The maximum atomic E-state index is 13.4. The molecule has 1 fully saturated rings. The first-order valence-electron chi connectivity index (χ1n) is 10.2. The van der Waals surface area contributed by atoms with Crippen molar-refractivity contribution < 1.29 is 9.18 Å². The topological polar surface area (TPSA) is 74.0 Å². The molecule has 0 saturated carbocycles. The number of rotatable bonds is 9. The minimum absolute atomic E-state index is 0. The zero-order valence-corrected chi connectivity index (χ0v) is 19.9. The Labute approximate surface area is 191 Å². The van der Waals surface area contributed by atoms with Crippen LogP contribution in [0.2, 0.25) is 0 Å². The molecule has 1 heterocycles. The number of hydrogen-bond donors (Lipinski definition) is 2. The van der Waals surface area contributed by atoms with Crippen LogP contribution in [-0.4, -0.2) is 61.4 Å². The van der Waals surface area contributed by atoms with Crippen LogP contribution in [0.15, 0.2) is 29.3 Å². The highest BCUT2D eigenvalue weighted by molar-refractivity contribution is 14.0. The van der Waals surface area contributed by atoms with E-state index in [0.29, 0.717) is 6.54 Å². The molecule has 29 heavy (non-hydrogen) atoms. The van der Waals surface area contributed by atoms with Gasteiger partial charge in [0.05, 0.1) is 0 Å². The summed E-state index contributed by atoms with van der Waals surface area (Å²) in [5.74, 6) is 0.520. The number of benzene rings is 1. The van der Waals surface area contributed by atoms with Crippen molar-refractivity contribution in [3.05, 3.63) is 35.6 Å². The molecule has 0 spiro atoms. The zero-order chi connectivity index (χ0) is 20.4. The quantitative estimate of drug-likeness (QED) is 0.228. The summed E-state index contributed by atoms with van der Waals surface area (Å²) >= 11 is 0. The van der Waals surface area contributed by atoms with Crippen LogP contribution in [0, 0.1) is 11.7 Å². The number of nitrogens with one attached hydrogen (secondary N) is 1. The van der Waals surface area contributed by atoms with Crippen molar-refractivity contribution in [2.45, 2.75) is 39.2 Å². The summed E-state index contributed by atoms with van der Waals surface area (Å²) in [4.78, 5) is 20.4. The molecule has 164 valence electrons. The summed E-state index contributed by atoms with van der Waals surface area (Å²) in [6.07, 6.45) is 3.85. The number of carbonyl (C=O) groups excluding carboxylic acids is 1. The lowest BCUT2D eigenvalue weighted by molar-refractivity contribution is -0.123. The number of hydrogen-bond acceptors (Lipinski definition) is 3. The minimum atomic E-state index is -0.215. The van der Waals surface area contributed by atoms with Crippen molar-refractivity contribution >= 4 is 35.8 Å². The van der Waals surface area contributed by atoms with Gasteiger partial charge in [0.15, 0.2) is 5.96 Å². The summed E-state index contributed by atoms with van der Waals surface area (Å²) in [6.45, 7) is 7.15. The van der Waals surface area contributed by atoms with Crippen molar-refractivity contribution in [1.82, 2.24) is 15.1 Å². The Balaban J connectivity index is 0.00000420. The third-order valence-corrected chi connectivity index (χ3v) is 5.14. The Morgan fingerprint density at radius 3 is 2.69 bits per heavy atom. The minimum Gasteiger partial charge on any atom is -0.369 e. The summed E-state index contributed by atoms with van der Waals surface area (Å²) < 4.78 is 13.4. The van der Waals surface area contributed by atoms with Gasteiger partial charge in [0.2, 0.25) is 5.91 Å². The molecule has 8 heteroatoms. The predicted molar refractivity (Wildman–Crippen MR) is 127 cm³/mol. The van der Waals surface area contributed by atoms with Crippen LogP contribution in [0.1, 0.15) is 38.2 Å². The molecule has 1 aliphatic heterocycles. The second-order valence-electron chi connectivity index (χ2n) is 7.45. The third kappa shape index (κ3) is 9.29. The van der Waals surface area contributed by atoms with Crippen LogP contribution in [0.5, 0.6) is 0 Å². The summed E-state index contributed by atoms with van der Waals surface area (Å²) in [6, 6.07) is 6.67. The van der Waals surface area contributed by atoms with Gasteiger partial charge in [-0.3, -0.25) is 9.79 Å². The lowest BCUT2D eigenvalue weighted by Crippen LogP contribution is -2.39. The molecular formula is C21H35FIN5O. The van der Waals surface area contributed by atoms with Crippen molar-refractivity contribution in [3.63, 3.8) is 0 Å². The highest BCUT2D eigenvalue weighted by Gasteiger charge is 2.22. The highest BCUT2D eigenvalue weighted by atomic mass is 127. The van der Waals surface area contributed by atoms with Gasteiger partial charge < -0.3 is 20.9 Å². The SMILES string of the molecule is CCNC(=NCCCCN1CCC(C(N)=O)CC1)N(C)Cc1cccc(F)c1.I. The average Bonchev–Trinajstić information content (AvgIpc) is 2.67. The van der Waals surface area contributed by atoms with E-state index in [1.807, 2.05) is 24.9 Å². The van der Waals surface area contributed by atoms with Crippen LogP contribution in [0.4, 0.5) is 4.39 Å². The number of amides is 1. The lowest BCUT2D eigenvalue weighted by Gasteiger charge is -2.30. The second kappa shape index (κ2) is 13.7. The number of primary amides is 1. The Hall–Kier alpha value is -1.42. The Kier molecular flexibility index (Phi) is 12.1. The average molecular weight is 519 g/mol. The number of nitrogens with two attached hydrogens (primary N) is 1. The Bertz CT molecular complexity index is 650. The second-order valence-corrected chi connectivity index (χ2v) is 7.45. The number of piperidine rings is 1. The number of nitrogens with zero attached hydrogens (tertiary/aromatic N) is 3. The van der Waals surface area contributed by atoms with E-state index in [1.165, 1.54) is 6.07 Å². The first kappa shape index (κ1) is 25.6. The van der Waals surface area contributed by atoms with Gasteiger partial charge in [-0.05, 0) is 69.9 Å². The first-order chi connectivity index (χ1) is 13.5. The van der Waals surface area contributed by atoms with E-state index in [-0.39, 0.29) is 41.6 Å². The van der Waals surface area contributed by atoms with Gasteiger partial charge >= 0.3 is 0 Å². The normalized spacial score (nSPS) is 15.6. The maximum Gasteiger partial charge on any atom is 0.220 e. The molecule has 0 aliphatic carbocycles. The van der Waals surface area contributed by atoms with E-state index in [2.05, 4.69) is 10.2 Å². The standard InChI is InChI=1S/C21H34FN5O.HI/c1-3-24-21(26(2)16-17-7-6-8-19(22)15-17)25-11-4-5-12-27-13-9-18(10-14-27)20(23)28;/h6-8,15,18H,3-5,9-14,16H2,1-2H3,(H2,23,28)(H,24,25);1H. The van der Waals surface area contributed by atoms with Crippen LogP contribution < -0.4 is 11.1 Å². The van der Waals surface area contributed by atoms with Crippen molar-refractivity contribution in [2.24, 2.45) is 16.6 Å². The number of aliphatic imine (C=N–C) groups is 1. The highest BCUT2D eigenvalue weighted by Crippen LogP contribution is 2.16. The first-order valence-corrected chi connectivity index (χ1v) is 10.2. The van der Waals surface area contributed by atoms with Crippen LogP contribution in [0.3, 0.4) is 0 Å². The van der Waals surface area contributed by atoms with E-state index in [9.17, 15) is 9.18 Å². The molecule has 0 radical (unpaired) electrons. The maximum absolute atomic E-state index is 13.4. The summed E-state index contributed by atoms with van der Waals surface area (Å²) in [7, 11) is 1.97. The smallest absolute Gasteiger partial charge is 0.220 e. The van der Waals surface area contributed by atoms with Crippen molar-refractivity contribution in [1.29, 1.82) is 0 Å². The van der Waals surface area contributed by atoms with Crippen molar-refractivity contribution in [3.8, 4) is 0 Å². The molecule has 0 unspecified atom stereocenters. The molecule has 1 aliphatic rings. The fourth-order valence-corrected chi connectivity index (χ4v) is 3.53. The number of unbranched alkanes of at least 4 members (excludes halogenated alkanes) is 1. The number of guanidine groups is 1. The molecule has 1 saturated heterocycles. The van der Waals surface area contributed by atoms with E-state index in [4.69, 9.17) is 10.7 Å². The summed E-state index contributed by atoms with van der Waals surface area (Å²) in [5.41, 5.74) is 6.31. The molecule has 6 nitrogen and oxygen atoms in total. The number of likely N-dealkylation sites (tertiary alicyclic amines) is 1. The van der Waals surface area contributed by atoms with Crippen molar-refractivity contribution in [2.75, 3.05) is 39.8 Å². The molecule has 1 amide bonds. The largest absolute Gasteiger partial charge is 0.369 e. The van der Waals surface area contributed by atoms with E-state index >= 15 is 0 Å². The van der Waals surface area contributed by atoms with Gasteiger partial charge in [-0.15, -0.1) is 24.0 Å². The molecule has 3 N–H and O–H groups in total. The zero-order valence-electron chi connectivity index (χ0n) is 17.6. The van der Waals surface area contributed by atoms with E-state index < -0.39 is 0 Å². The van der Waals surface area contributed by atoms with Gasteiger partial charge in [0, 0.05) is 32.6 Å². The van der Waals surface area contributed by atoms with Gasteiger partial charge in [-0.1, -0.05) is 12.1 Å². The fraction of sp³-hybridized carbons (Fsp3) is 0.619. The third-order valence-electron chi connectivity index (χ3n) is 5.14. The number of carbonyl (C=O) groups is 1. The van der Waals surface area contributed by atoms with E-state index in [0.717, 1.165) is 69.9 Å². The monoisotopic (exact) mass is 519 g/mol. The Morgan fingerprint density at radius 1 is 1.34 bits per heavy atom. The van der Waals surface area contributed by atoms with Gasteiger partial charge in [-0.2, -0.15) is 0 Å². The molecule has 0 bridgehead atoms.